The smallest absolute Gasteiger partial charge is 0.248 e. The largest absolute Gasteiger partial charge is 0.340 e. The van der Waals surface area contributed by atoms with Crippen LogP contribution in [0.2, 0.25) is 0 Å². The van der Waals surface area contributed by atoms with Crippen molar-refractivity contribution in [2.75, 3.05) is 7.05 Å². The van der Waals surface area contributed by atoms with Crippen molar-refractivity contribution in [3.8, 4) is 5.69 Å². The van der Waals surface area contributed by atoms with E-state index in [4.69, 9.17) is 0 Å². The fraction of sp³-hybridized carbons (Fsp3) is 0.190. The number of aromatic nitrogens is 5. The van der Waals surface area contributed by atoms with Gasteiger partial charge in [-0.05, 0) is 41.1 Å². The second-order valence-electron chi connectivity index (χ2n) is 6.87. The number of pyridine rings is 1. The molecule has 0 spiro atoms. The summed E-state index contributed by atoms with van der Waals surface area (Å²) in [6, 6.07) is 18.6. The van der Waals surface area contributed by atoms with Crippen LogP contribution in [0.5, 0.6) is 0 Å². The molecule has 0 unspecified atom stereocenters. The van der Waals surface area contributed by atoms with Gasteiger partial charge in [-0.3, -0.25) is 9.59 Å². The lowest BCUT2D eigenvalue weighted by Gasteiger charge is -2.21. The van der Waals surface area contributed by atoms with Crippen molar-refractivity contribution in [2.24, 2.45) is 0 Å². The molecular weight excluding hydrogens is 400 g/mol. The zero-order valence-electron chi connectivity index (χ0n) is 16.5. The van der Waals surface area contributed by atoms with E-state index in [-0.39, 0.29) is 11.5 Å². The Morgan fingerprint density at radius 2 is 1.90 bits per heavy atom. The van der Waals surface area contributed by atoms with Crippen LogP contribution in [0.15, 0.2) is 70.6 Å². The number of hydrogen-bond acceptors (Lipinski definition) is 6. The van der Waals surface area contributed by atoms with E-state index in [1.807, 2.05) is 61.5 Å². The topological polar surface area (TPSA) is 96.8 Å². The molecule has 1 atom stereocenters. The highest BCUT2D eigenvalue weighted by atomic mass is 32.2. The highest BCUT2D eigenvalue weighted by Crippen LogP contribution is 2.25. The maximum absolute atomic E-state index is 13.0. The number of nitrogens with one attached hydrogen (secondary N) is 1. The summed E-state index contributed by atoms with van der Waals surface area (Å²) in [7, 11) is 1.73. The Balaban J connectivity index is 1.51. The van der Waals surface area contributed by atoms with Gasteiger partial charge in [0.25, 0.3) is 0 Å². The Bertz CT molecular complexity index is 1240. The quantitative estimate of drug-likeness (QED) is 0.482. The minimum absolute atomic E-state index is 0.0769. The fourth-order valence-electron chi connectivity index (χ4n) is 3.24. The number of carbonyl (C=O) groups is 1. The van der Waals surface area contributed by atoms with E-state index in [0.717, 1.165) is 22.2 Å². The van der Waals surface area contributed by atoms with Crippen LogP contribution in [0.25, 0.3) is 16.6 Å². The molecule has 0 aliphatic carbocycles. The van der Waals surface area contributed by atoms with E-state index in [9.17, 15) is 9.59 Å². The van der Waals surface area contributed by atoms with Gasteiger partial charge in [0, 0.05) is 30.6 Å². The fourth-order valence-corrected chi connectivity index (χ4v) is 4.17. The van der Waals surface area contributed by atoms with Crippen LogP contribution in [0, 0.1) is 0 Å². The van der Waals surface area contributed by atoms with Crippen LogP contribution in [0.4, 0.5) is 0 Å². The molecule has 4 aromatic rings. The van der Waals surface area contributed by atoms with Crippen LogP contribution >= 0.6 is 11.8 Å². The van der Waals surface area contributed by atoms with Gasteiger partial charge in [-0.25, -0.2) is 0 Å². The molecule has 0 radical (unpaired) electrons. The Morgan fingerprint density at radius 1 is 1.17 bits per heavy atom. The molecule has 2 aromatic carbocycles. The molecule has 2 heterocycles. The van der Waals surface area contributed by atoms with Crippen LogP contribution in [-0.4, -0.2) is 48.3 Å². The number of tetrazole rings is 1. The maximum atomic E-state index is 13.0. The first-order chi connectivity index (χ1) is 14.5. The number of carbonyl (C=O) groups excluding carboxylic acids is 1. The van der Waals surface area contributed by atoms with Gasteiger partial charge in [-0.1, -0.05) is 48.2 Å². The van der Waals surface area contributed by atoms with Gasteiger partial charge >= 0.3 is 0 Å². The monoisotopic (exact) mass is 420 g/mol. The number of rotatable bonds is 6. The van der Waals surface area contributed by atoms with Crippen molar-refractivity contribution in [1.29, 1.82) is 0 Å². The number of nitrogens with zero attached hydrogens (tertiary/aromatic N) is 5. The lowest BCUT2D eigenvalue weighted by atomic mass is 10.1. The average molecular weight is 420 g/mol. The van der Waals surface area contributed by atoms with Crippen molar-refractivity contribution in [3.63, 3.8) is 0 Å². The summed E-state index contributed by atoms with van der Waals surface area (Å²) in [6.45, 7) is 2.15. The van der Waals surface area contributed by atoms with Crippen molar-refractivity contribution in [2.45, 2.75) is 23.9 Å². The Morgan fingerprint density at radius 3 is 2.70 bits per heavy atom. The van der Waals surface area contributed by atoms with Crippen molar-refractivity contribution in [1.82, 2.24) is 30.1 Å². The number of para-hydroxylation sites is 2. The molecule has 0 saturated carbocycles. The summed E-state index contributed by atoms with van der Waals surface area (Å²) in [5.41, 5.74) is 2.20. The van der Waals surface area contributed by atoms with E-state index in [1.54, 1.807) is 22.7 Å². The lowest BCUT2D eigenvalue weighted by Crippen LogP contribution is -2.33. The molecule has 0 aliphatic heterocycles. The Hall–Kier alpha value is -3.46. The van der Waals surface area contributed by atoms with Crippen molar-refractivity contribution >= 4 is 28.6 Å². The molecule has 1 N–H and O–H groups in total. The number of thioether (sulfide) groups is 1. The van der Waals surface area contributed by atoms with E-state index in [2.05, 4.69) is 20.5 Å². The van der Waals surface area contributed by atoms with E-state index < -0.39 is 5.25 Å². The third-order valence-corrected chi connectivity index (χ3v) is 5.71. The number of hydrogen-bond donors (Lipinski definition) is 1. The summed E-state index contributed by atoms with van der Waals surface area (Å²) in [5.74, 6) is -0.0769. The molecular formula is C21H20N6O2S. The predicted molar refractivity (Wildman–Crippen MR) is 116 cm³/mol. The molecule has 9 heteroatoms. The molecule has 0 bridgehead atoms. The zero-order chi connectivity index (χ0) is 21.1. The molecule has 2 aromatic heterocycles. The molecule has 152 valence electrons. The van der Waals surface area contributed by atoms with E-state index >= 15 is 0 Å². The highest BCUT2D eigenvalue weighted by molar-refractivity contribution is 8.00. The Kier molecular flexibility index (Phi) is 5.62. The Labute approximate surface area is 176 Å². The molecule has 1 amide bonds. The number of aromatic amines is 1. The summed E-state index contributed by atoms with van der Waals surface area (Å²) in [5, 5.41) is 12.9. The minimum atomic E-state index is -0.406. The normalized spacial score (nSPS) is 12.1. The van der Waals surface area contributed by atoms with E-state index in [1.165, 1.54) is 11.8 Å². The molecule has 0 aliphatic rings. The summed E-state index contributed by atoms with van der Waals surface area (Å²) in [4.78, 5) is 29.4. The van der Waals surface area contributed by atoms with Gasteiger partial charge in [0.05, 0.1) is 10.9 Å². The predicted octanol–water partition coefficient (Wildman–Crippen LogP) is 2.64. The second-order valence-corrected chi connectivity index (χ2v) is 8.18. The molecule has 30 heavy (non-hydrogen) atoms. The van der Waals surface area contributed by atoms with Gasteiger partial charge < -0.3 is 9.88 Å². The average Bonchev–Trinajstić information content (AvgIpc) is 3.21. The first kappa shape index (κ1) is 19.8. The number of amides is 1. The summed E-state index contributed by atoms with van der Waals surface area (Å²) >= 11 is 1.29. The first-order valence-electron chi connectivity index (χ1n) is 9.39. The SMILES string of the molecule is C[C@@H](Sc1nnnn1-c1ccccc1)C(=O)N(C)Cc1cc(=O)[nH]c2ccccc12. The second kappa shape index (κ2) is 8.50. The summed E-state index contributed by atoms with van der Waals surface area (Å²) in [6.07, 6.45) is 0. The number of benzene rings is 2. The standard InChI is InChI=1S/C21H20N6O2S/c1-14(30-21-23-24-25-27(21)16-8-4-3-5-9-16)20(29)26(2)13-15-12-19(28)22-18-11-7-6-10-17(15)18/h3-12,14H,13H2,1-2H3,(H,22,28)/t14-/m1/s1. The van der Waals surface area contributed by atoms with Crippen LogP contribution in [0.3, 0.4) is 0 Å². The third kappa shape index (κ3) is 4.11. The first-order valence-corrected chi connectivity index (χ1v) is 10.3. The van der Waals surface area contributed by atoms with Gasteiger partial charge in [0.1, 0.15) is 0 Å². The zero-order valence-corrected chi connectivity index (χ0v) is 17.3. The van der Waals surface area contributed by atoms with Crippen LogP contribution < -0.4 is 5.56 Å². The highest BCUT2D eigenvalue weighted by Gasteiger charge is 2.22. The number of fused-ring (bicyclic) bond motifs is 1. The van der Waals surface area contributed by atoms with Gasteiger partial charge in [0.2, 0.25) is 16.6 Å². The minimum Gasteiger partial charge on any atom is -0.340 e. The summed E-state index contributed by atoms with van der Waals surface area (Å²) < 4.78 is 1.61. The maximum Gasteiger partial charge on any atom is 0.248 e. The lowest BCUT2D eigenvalue weighted by molar-refractivity contribution is -0.129. The van der Waals surface area contributed by atoms with Gasteiger partial charge in [0.15, 0.2) is 0 Å². The molecule has 0 fully saturated rings. The molecule has 8 nitrogen and oxygen atoms in total. The van der Waals surface area contributed by atoms with Crippen LogP contribution in [0.1, 0.15) is 12.5 Å². The molecule has 4 rings (SSSR count). The van der Waals surface area contributed by atoms with Crippen molar-refractivity contribution in [3.05, 3.63) is 76.6 Å². The van der Waals surface area contributed by atoms with Gasteiger partial charge in [-0.15, -0.1) is 5.10 Å². The number of H-pyrrole nitrogens is 1. The van der Waals surface area contributed by atoms with Crippen LogP contribution in [-0.2, 0) is 11.3 Å². The van der Waals surface area contributed by atoms with Crippen molar-refractivity contribution < 1.29 is 4.79 Å². The van der Waals surface area contributed by atoms with Gasteiger partial charge in [-0.2, -0.15) is 4.68 Å². The third-order valence-electron chi connectivity index (χ3n) is 4.69. The molecule has 0 saturated heterocycles. The van der Waals surface area contributed by atoms with E-state index in [0.29, 0.717) is 11.7 Å².